The number of esters is 1. The number of carbonyl (C=O) groups excluding carboxylic acids is 2. The van der Waals surface area contributed by atoms with E-state index >= 15 is 0 Å². The molecule has 0 aliphatic carbocycles. The monoisotopic (exact) mass is 530 g/mol. The molecule has 10 heteroatoms. The van der Waals surface area contributed by atoms with Gasteiger partial charge in [0.2, 0.25) is 0 Å². The Morgan fingerprint density at radius 1 is 0.889 bits per heavy atom. The fourth-order valence-electron chi connectivity index (χ4n) is 2.92. The molecule has 0 radical (unpaired) electrons. The Hall–Kier alpha value is -3.75. The fraction of sp³-hybridized carbons (Fsp3) is 0.192. The zero-order valence-electron chi connectivity index (χ0n) is 19.6. The number of benzene rings is 3. The summed E-state index contributed by atoms with van der Waals surface area (Å²) in [7, 11) is 0. The van der Waals surface area contributed by atoms with Crippen LogP contribution in [0, 0.1) is 0 Å². The van der Waals surface area contributed by atoms with E-state index in [0.29, 0.717) is 46.6 Å². The molecule has 0 bridgehead atoms. The van der Waals surface area contributed by atoms with Gasteiger partial charge in [0.1, 0.15) is 16.5 Å². The van der Waals surface area contributed by atoms with Crippen LogP contribution in [0.3, 0.4) is 0 Å². The van der Waals surface area contributed by atoms with E-state index in [9.17, 15) is 9.59 Å². The number of nitrogens with one attached hydrogen (secondary N) is 1. The van der Waals surface area contributed by atoms with Crippen LogP contribution in [-0.4, -0.2) is 37.9 Å². The number of carbonyl (C=O) groups is 2. The van der Waals surface area contributed by atoms with E-state index in [4.69, 9.17) is 42.1 Å². The molecule has 3 aromatic carbocycles. The van der Waals surface area contributed by atoms with E-state index in [1.54, 1.807) is 60.7 Å². The third-order valence-corrected chi connectivity index (χ3v) is 5.35. The molecular formula is C26H24Cl2N2O6. The van der Waals surface area contributed by atoms with Gasteiger partial charge in [-0.05, 0) is 74.0 Å². The molecule has 0 atom stereocenters. The minimum Gasteiger partial charge on any atom is -0.494 e. The zero-order chi connectivity index (χ0) is 25.9. The van der Waals surface area contributed by atoms with Gasteiger partial charge in [0.15, 0.2) is 18.1 Å². The first-order valence-electron chi connectivity index (χ1n) is 11.0. The molecule has 36 heavy (non-hydrogen) atoms. The zero-order valence-corrected chi connectivity index (χ0v) is 21.1. The van der Waals surface area contributed by atoms with Gasteiger partial charge in [-0.2, -0.15) is 5.10 Å². The topological polar surface area (TPSA) is 95.5 Å². The molecule has 3 rings (SSSR count). The van der Waals surface area contributed by atoms with Crippen LogP contribution in [0.1, 0.15) is 29.8 Å². The normalized spacial score (nSPS) is 10.7. The molecule has 1 amide bonds. The van der Waals surface area contributed by atoms with E-state index in [-0.39, 0.29) is 17.4 Å². The van der Waals surface area contributed by atoms with Crippen molar-refractivity contribution in [3.63, 3.8) is 0 Å². The lowest BCUT2D eigenvalue weighted by atomic mass is 10.2. The first-order valence-corrected chi connectivity index (χ1v) is 11.8. The van der Waals surface area contributed by atoms with Crippen LogP contribution in [0.4, 0.5) is 0 Å². The van der Waals surface area contributed by atoms with E-state index < -0.39 is 11.9 Å². The van der Waals surface area contributed by atoms with Crippen molar-refractivity contribution in [3.05, 3.63) is 81.8 Å². The Morgan fingerprint density at radius 2 is 1.64 bits per heavy atom. The van der Waals surface area contributed by atoms with E-state index in [0.717, 1.165) is 0 Å². The van der Waals surface area contributed by atoms with Gasteiger partial charge in [-0.15, -0.1) is 0 Å². The molecule has 0 saturated heterocycles. The van der Waals surface area contributed by atoms with Crippen LogP contribution >= 0.6 is 23.2 Å². The Balaban J connectivity index is 1.59. The number of hydrazone groups is 1. The van der Waals surface area contributed by atoms with Crippen molar-refractivity contribution in [2.75, 3.05) is 19.8 Å². The second-order valence-corrected chi connectivity index (χ2v) is 7.91. The summed E-state index contributed by atoms with van der Waals surface area (Å²) < 4.78 is 21.9. The Bertz CT molecular complexity index is 1230. The Kier molecular flexibility index (Phi) is 9.97. The largest absolute Gasteiger partial charge is 0.494 e. The average molecular weight is 531 g/mol. The van der Waals surface area contributed by atoms with Crippen molar-refractivity contribution >= 4 is 41.3 Å². The van der Waals surface area contributed by atoms with Gasteiger partial charge in [-0.3, -0.25) is 4.79 Å². The molecular weight excluding hydrogens is 507 g/mol. The molecule has 3 aromatic rings. The first-order chi connectivity index (χ1) is 17.4. The van der Waals surface area contributed by atoms with Gasteiger partial charge in [0.05, 0.1) is 30.0 Å². The molecule has 0 fully saturated rings. The third-order valence-electron chi connectivity index (χ3n) is 4.55. The van der Waals surface area contributed by atoms with Crippen LogP contribution in [-0.2, 0) is 4.79 Å². The lowest BCUT2D eigenvalue weighted by Crippen LogP contribution is -2.24. The molecule has 188 valence electrons. The maximum absolute atomic E-state index is 12.6. The standard InChI is InChI=1S/C26H24Cl2N2O6/c1-3-33-19-11-9-18(10-12-19)26(32)36-21-13-8-17(14-23(21)34-4-2)15-29-30-24(31)16-35-22-7-5-6-20(27)25(22)28/h5-15H,3-4,16H2,1-2H3,(H,30,31)/b29-15+. The van der Waals surface area contributed by atoms with Gasteiger partial charge in [-0.25, -0.2) is 10.2 Å². The second-order valence-electron chi connectivity index (χ2n) is 7.12. The van der Waals surface area contributed by atoms with Crippen LogP contribution in [0.2, 0.25) is 10.0 Å². The number of halogens is 2. The van der Waals surface area contributed by atoms with E-state index in [1.807, 2.05) is 13.8 Å². The summed E-state index contributed by atoms with van der Waals surface area (Å²) >= 11 is 12.0. The molecule has 0 aliphatic rings. The van der Waals surface area contributed by atoms with E-state index in [2.05, 4.69) is 10.5 Å². The van der Waals surface area contributed by atoms with Gasteiger partial charge in [0.25, 0.3) is 5.91 Å². The summed E-state index contributed by atoms with van der Waals surface area (Å²) in [5, 5.41) is 4.47. The van der Waals surface area contributed by atoms with Crippen molar-refractivity contribution in [1.82, 2.24) is 5.43 Å². The molecule has 0 unspecified atom stereocenters. The molecule has 8 nitrogen and oxygen atoms in total. The number of rotatable bonds is 11. The van der Waals surface area contributed by atoms with Crippen molar-refractivity contribution in [3.8, 4) is 23.0 Å². The van der Waals surface area contributed by atoms with Crippen LogP contribution in [0.25, 0.3) is 0 Å². The van der Waals surface area contributed by atoms with Crippen molar-refractivity contribution in [1.29, 1.82) is 0 Å². The lowest BCUT2D eigenvalue weighted by molar-refractivity contribution is -0.123. The van der Waals surface area contributed by atoms with E-state index in [1.165, 1.54) is 6.21 Å². The summed E-state index contributed by atoms with van der Waals surface area (Å²) in [6.07, 6.45) is 1.42. The minimum atomic E-state index is -0.535. The Morgan fingerprint density at radius 3 is 2.36 bits per heavy atom. The molecule has 0 saturated carbocycles. The summed E-state index contributed by atoms with van der Waals surface area (Å²) in [6.45, 7) is 4.28. The minimum absolute atomic E-state index is 0.224. The fourth-order valence-corrected chi connectivity index (χ4v) is 3.27. The highest BCUT2D eigenvalue weighted by atomic mass is 35.5. The van der Waals surface area contributed by atoms with Crippen LogP contribution in [0.15, 0.2) is 65.8 Å². The maximum Gasteiger partial charge on any atom is 0.343 e. The number of ether oxygens (including phenoxy) is 4. The van der Waals surface area contributed by atoms with Crippen LogP contribution in [0.5, 0.6) is 23.0 Å². The van der Waals surface area contributed by atoms with Gasteiger partial charge >= 0.3 is 5.97 Å². The molecule has 0 heterocycles. The number of hydrogen-bond donors (Lipinski definition) is 1. The highest BCUT2D eigenvalue weighted by molar-refractivity contribution is 6.42. The highest BCUT2D eigenvalue weighted by Crippen LogP contribution is 2.31. The number of amides is 1. The summed E-state index contributed by atoms with van der Waals surface area (Å²) in [5.74, 6) is 0.537. The lowest BCUT2D eigenvalue weighted by Gasteiger charge is -2.11. The molecule has 0 aromatic heterocycles. The maximum atomic E-state index is 12.6. The first kappa shape index (κ1) is 26.8. The van der Waals surface area contributed by atoms with Gasteiger partial charge in [-0.1, -0.05) is 29.3 Å². The quantitative estimate of drug-likeness (QED) is 0.151. The Labute approximate surface area is 218 Å². The third kappa shape index (κ3) is 7.63. The van der Waals surface area contributed by atoms with Crippen molar-refractivity contribution in [2.24, 2.45) is 5.10 Å². The number of nitrogens with zero attached hydrogens (tertiary/aromatic N) is 1. The van der Waals surface area contributed by atoms with Crippen molar-refractivity contribution in [2.45, 2.75) is 13.8 Å². The van der Waals surface area contributed by atoms with Gasteiger partial charge < -0.3 is 18.9 Å². The molecule has 0 spiro atoms. The summed E-state index contributed by atoms with van der Waals surface area (Å²) in [5.41, 5.74) is 3.34. The molecule has 1 N–H and O–H groups in total. The number of hydrogen-bond acceptors (Lipinski definition) is 7. The second kappa shape index (κ2) is 13.4. The summed E-state index contributed by atoms with van der Waals surface area (Å²) in [6, 6.07) is 16.4. The summed E-state index contributed by atoms with van der Waals surface area (Å²) in [4.78, 5) is 24.6. The predicted octanol–water partition coefficient (Wildman–Crippen LogP) is 5.54. The van der Waals surface area contributed by atoms with Gasteiger partial charge in [0, 0.05) is 0 Å². The molecule has 0 aliphatic heterocycles. The SMILES string of the molecule is CCOc1ccc(C(=O)Oc2ccc(/C=N/NC(=O)COc3cccc(Cl)c3Cl)cc2OCC)cc1. The predicted molar refractivity (Wildman–Crippen MR) is 138 cm³/mol. The smallest absolute Gasteiger partial charge is 0.343 e. The van der Waals surface area contributed by atoms with Crippen LogP contribution < -0.4 is 24.4 Å². The highest BCUT2D eigenvalue weighted by Gasteiger charge is 2.14. The average Bonchev–Trinajstić information content (AvgIpc) is 2.87. The van der Waals surface area contributed by atoms with Crippen molar-refractivity contribution < 1.29 is 28.5 Å².